The molecule has 23 heavy (non-hydrogen) atoms. The van der Waals surface area contributed by atoms with Crippen LogP contribution in [0.3, 0.4) is 0 Å². The SMILES string of the molecule is CCCCC(CC)C[O][Sn]([CH2]C)([CH2]C)[O]CC(CC)CCCC. The number of rotatable bonds is 16. The molecule has 3 heteroatoms. The van der Waals surface area contributed by atoms with Crippen molar-refractivity contribution in [2.24, 2.45) is 11.8 Å². The van der Waals surface area contributed by atoms with Gasteiger partial charge < -0.3 is 0 Å². The molecule has 0 N–H and O–H groups in total. The molecular weight excluding hydrogens is 391 g/mol. The van der Waals surface area contributed by atoms with Gasteiger partial charge >= 0.3 is 152 Å². The number of hydrogen-bond acceptors (Lipinski definition) is 2. The average molecular weight is 435 g/mol. The molecule has 0 radical (unpaired) electrons. The van der Waals surface area contributed by atoms with Crippen LogP contribution in [0.2, 0.25) is 8.87 Å². The molecule has 0 aliphatic heterocycles. The third-order valence-electron chi connectivity index (χ3n) is 5.33. The first kappa shape index (κ1) is 23.7. The molecule has 0 saturated carbocycles. The second-order valence-corrected chi connectivity index (χ2v) is 18.0. The van der Waals surface area contributed by atoms with Crippen LogP contribution < -0.4 is 0 Å². The van der Waals surface area contributed by atoms with Crippen LogP contribution in [0.5, 0.6) is 0 Å². The fourth-order valence-corrected chi connectivity index (χ4v) is 10.1. The topological polar surface area (TPSA) is 18.5 Å². The van der Waals surface area contributed by atoms with Crippen LogP contribution in [-0.4, -0.2) is 32.4 Å². The van der Waals surface area contributed by atoms with Gasteiger partial charge in [-0.25, -0.2) is 0 Å². The van der Waals surface area contributed by atoms with Crippen molar-refractivity contribution in [1.29, 1.82) is 0 Å². The molecule has 2 atom stereocenters. The Morgan fingerprint density at radius 1 is 0.652 bits per heavy atom. The monoisotopic (exact) mass is 436 g/mol. The van der Waals surface area contributed by atoms with E-state index in [1.54, 1.807) is 0 Å². The molecule has 140 valence electrons. The van der Waals surface area contributed by atoms with Crippen molar-refractivity contribution in [2.75, 3.05) is 13.2 Å². The Morgan fingerprint density at radius 2 is 1.04 bits per heavy atom. The van der Waals surface area contributed by atoms with Crippen molar-refractivity contribution in [3.05, 3.63) is 0 Å². The van der Waals surface area contributed by atoms with Crippen LogP contribution in [0.15, 0.2) is 0 Å². The standard InChI is InChI=1S/2C8H17O.2C2H5.Sn/c2*1-3-5-6-8(4-2)7-9;2*1-2;/h2*8H,3-7H2,1-2H3;2*1H2,2H3;/q2*-1;;;+2. The van der Waals surface area contributed by atoms with Crippen molar-refractivity contribution in [2.45, 2.75) is 102 Å². The van der Waals surface area contributed by atoms with Crippen LogP contribution in [0.4, 0.5) is 0 Å². The van der Waals surface area contributed by atoms with Gasteiger partial charge in [0.15, 0.2) is 0 Å². The van der Waals surface area contributed by atoms with Gasteiger partial charge in [0, 0.05) is 0 Å². The molecule has 0 aromatic heterocycles. The third kappa shape index (κ3) is 10.3. The van der Waals surface area contributed by atoms with Crippen LogP contribution in [0.25, 0.3) is 0 Å². The maximum absolute atomic E-state index is 6.57. The second kappa shape index (κ2) is 15.0. The summed E-state index contributed by atoms with van der Waals surface area (Å²) in [4.78, 5) is 0. The molecule has 0 bridgehead atoms. The Bertz CT molecular complexity index is 232. The summed E-state index contributed by atoms with van der Waals surface area (Å²) in [5, 5.41) is 0. The molecule has 0 aromatic carbocycles. The molecule has 0 aliphatic rings. The van der Waals surface area contributed by atoms with Gasteiger partial charge in [0.2, 0.25) is 0 Å². The Labute approximate surface area is 152 Å². The van der Waals surface area contributed by atoms with E-state index in [9.17, 15) is 0 Å². The molecule has 0 heterocycles. The molecule has 2 nitrogen and oxygen atoms in total. The Hall–Kier alpha value is 0.719. The van der Waals surface area contributed by atoms with Crippen molar-refractivity contribution in [3.63, 3.8) is 0 Å². The van der Waals surface area contributed by atoms with Crippen LogP contribution >= 0.6 is 0 Å². The van der Waals surface area contributed by atoms with E-state index in [4.69, 9.17) is 6.15 Å². The molecule has 0 aliphatic carbocycles. The average Bonchev–Trinajstić information content (AvgIpc) is 2.60. The van der Waals surface area contributed by atoms with E-state index in [1.807, 2.05) is 0 Å². The van der Waals surface area contributed by atoms with E-state index in [2.05, 4.69) is 41.5 Å². The van der Waals surface area contributed by atoms with Gasteiger partial charge in [-0.05, 0) is 0 Å². The summed E-state index contributed by atoms with van der Waals surface area (Å²) >= 11 is -2.81. The van der Waals surface area contributed by atoms with Crippen molar-refractivity contribution in [3.8, 4) is 0 Å². The van der Waals surface area contributed by atoms with Crippen LogP contribution in [0, 0.1) is 11.8 Å². The molecule has 2 unspecified atom stereocenters. The number of unbranched alkanes of at least 4 members (excludes halogenated alkanes) is 2. The summed E-state index contributed by atoms with van der Waals surface area (Å²) < 4.78 is 15.4. The summed E-state index contributed by atoms with van der Waals surface area (Å²) in [5.74, 6) is 1.46. The normalized spacial score (nSPS) is 14.9. The quantitative estimate of drug-likeness (QED) is 0.245. The zero-order valence-corrected chi connectivity index (χ0v) is 19.8. The predicted octanol–water partition coefficient (Wildman–Crippen LogP) is 6.93. The van der Waals surface area contributed by atoms with Gasteiger partial charge in [-0.15, -0.1) is 0 Å². The Morgan fingerprint density at radius 3 is 1.30 bits per heavy atom. The van der Waals surface area contributed by atoms with Gasteiger partial charge in [0.1, 0.15) is 0 Å². The van der Waals surface area contributed by atoms with Crippen LogP contribution in [-0.2, 0) is 6.15 Å². The van der Waals surface area contributed by atoms with Gasteiger partial charge in [0.25, 0.3) is 0 Å². The molecule has 0 amide bonds. The molecule has 0 spiro atoms. The summed E-state index contributed by atoms with van der Waals surface area (Å²) in [5.41, 5.74) is 0. The zero-order chi connectivity index (χ0) is 17.6. The summed E-state index contributed by atoms with van der Waals surface area (Å²) in [6, 6.07) is 0. The van der Waals surface area contributed by atoms with E-state index < -0.39 is 19.2 Å². The van der Waals surface area contributed by atoms with Gasteiger partial charge in [-0.1, -0.05) is 0 Å². The van der Waals surface area contributed by atoms with Gasteiger partial charge in [-0.2, -0.15) is 0 Å². The fraction of sp³-hybridized carbons (Fsp3) is 1.00. The second-order valence-electron chi connectivity index (χ2n) is 7.07. The van der Waals surface area contributed by atoms with Crippen molar-refractivity contribution >= 4 is 19.2 Å². The molecule has 0 fully saturated rings. The van der Waals surface area contributed by atoms with Crippen molar-refractivity contribution < 1.29 is 6.15 Å². The first-order valence-electron chi connectivity index (χ1n) is 10.4. The molecule has 0 saturated heterocycles. The summed E-state index contributed by atoms with van der Waals surface area (Å²) in [6.45, 7) is 15.6. The molecular formula is C20H44O2Sn. The molecule has 0 rings (SSSR count). The summed E-state index contributed by atoms with van der Waals surface area (Å²) in [6.07, 6.45) is 10.4. The first-order valence-corrected chi connectivity index (χ1v) is 16.8. The number of hydrogen-bond donors (Lipinski definition) is 0. The molecule has 0 aromatic rings. The fourth-order valence-electron chi connectivity index (χ4n) is 3.04. The summed E-state index contributed by atoms with van der Waals surface area (Å²) in [7, 11) is 0. The van der Waals surface area contributed by atoms with E-state index in [-0.39, 0.29) is 0 Å². The first-order chi connectivity index (χ1) is 11.1. The maximum atomic E-state index is 6.57. The predicted molar refractivity (Wildman–Crippen MR) is 105 cm³/mol. The minimum atomic E-state index is -2.81. The third-order valence-corrected chi connectivity index (χ3v) is 15.4. The van der Waals surface area contributed by atoms with Crippen molar-refractivity contribution in [1.82, 2.24) is 0 Å². The van der Waals surface area contributed by atoms with E-state index >= 15 is 0 Å². The Balaban J connectivity index is 4.47. The minimum absolute atomic E-state index is 0.731. The Kier molecular flexibility index (Phi) is 15.5. The van der Waals surface area contributed by atoms with Gasteiger partial charge in [0.05, 0.1) is 0 Å². The van der Waals surface area contributed by atoms with E-state index in [0.29, 0.717) is 0 Å². The van der Waals surface area contributed by atoms with Gasteiger partial charge in [-0.3, -0.25) is 0 Å². The van der Waals surface area contributed by atoms with Crippen LogP contribution in [0.1, 0.15) is 92.9 Å². The zero-order valence-electron chi connectivity index (χ0n) is 17.0. The van der Waals surface area contributed by atoms with E-state index in [1.165, 1.54) is 51.4 Å². The van der Waals surface area contributed by atoms with E-state index in [0.717, 1.165) is 33.9 Å².